The first-order valence-corrected chi connectivity index (χ1v) is 6.77. The fourth-order valence-corrected chi connectivity index (χ4v) is 2.20. The van der Waals surface area contributed by atoms with Gasteiger partial charge in [-0.3, -0.25) is 0 Å². The fourth-order valence-electron chi connectivity index (χ4n) is 2.20. The van der Waals surface area contributed by atoms with Crippen LogP contribution in [0.4, 0.5) is 5.82 Å². The average Bonchev–Trinajstić information content (AvgIpc) is 2.54. The Morgan fingerprint density at radius 2 is 1.82 bits per heavy atom. The lowest BCUT2D eigenvalue weighted by Gasteiger charge is -2.20. The number of anilines is 1. The molecule has 1 N–H and O–H groups in total. The summed E-state index contributed by atoms with van der Waals surface area (Å²) in [6.45, 7) is 6.69. The second-order valence-corrected chi connectivity index (χ2v) is 5.39. The molecule has 1 aliphatic rings. The third kappa shape index (κ3) is 2.96. The molecule has 94 valence electrons. The SMILES string of the molecule is CC(C)C(C)Nc1ncnc2c1CCCCC2. The van der Waals surface area contributed by atoms with E-state index in [1.807, 2.05) is 0 Å². The summed E-state index contributed by atoms with van der Waals surface area (Å²) in [6.07, 6.45) is 7.80. The Morgan fingerprint density at radius 3 is 2.59 bits per heavy atom. The van der Waals surface area contributed by atoms with Crippen molar-refractivity contribution in [2.24, 2.45) is 5.92 Å². The number of hydrogen-bond acceptors (Lipinski definition) is 3. The van der Waals surface area contributed by atoms with E-state index >= 15 is 0 Å². The normalized spacial score (nSPS) is 17.4. The van der Waals surface area contributed by atoms with Crippen LogP contribution < -0.4 is 5.32 Å². The quantitative estimate of drug-likeness (QED) is 0.815. The molecule has 3 nitrogen and oxygen atoms in total. The largest absolute Gasteiger partial charge is 0.367 e. The molecule has 0 spiro atoms. The summed E-state index contributed by atoms with van der Waals surface area (Å²) >= 11 is 0. The van der Waals surface area contributed by atoms with Crippen molar-refractivity contribution in [2.45, 2.75) is 58.9 Å². The van der Waals surface area contributed by atoms with Gasteiger partial charge in [0.05, 0.1) is 0 Å². The zero-order valence-corrected chi connectivity index (χ0v) is 11.2. The molecule has 1 unspecified atom stereocenters. The first kappa shape index (κ1) is 12.3. The van der Waals surface area contributed by atoms with Crippen molar-refractivity contribution in [1.29, 1.82) is 0 Å². The second kappa shape index (κ2) is 5.48. The maximum atomic E-state index is 4.44. The van der Waals surface area contributed by atoms with Crippen LogP contribution in [0.1, 0.15) is 51.3 Å². The molecule has 0 aromatic carbocycles. The minimum Gasteiger partial charge on any atom is -0.367 e. The van der Waals surface area contributed by atoms with E-state index in [-0.39, 0.29) is 0 Å². The average molecular weight is 233 g/mol. The summed E-state index contributed by atoms with van der Waals surface area (Å²) in [6, 6.07) is 0.456. The van der Waals surface area contributed by atoms with Crippen molar-refractivity contribution >= 4 is 5.82 Å². The van der Waals surface area contributed by atoms with Crippen LogP contribution in [0.3, 0.4) is 0 Å². The van der Waals surface area contributed by atoms with Crippen molar-refractivity contribution in [3.05, 3.63) is 17.6 Å². The summed E-state index contributed by atoms with van der Waals surface area (Å²) < 4.78 is 0. The van der Waals surface area contributed by atoms with Gasteiger partial charge in [0.25, 0.3) is 0 Å². The summed E-state index contributed by atoms with van der Waals surface area (Å²) in [4.78, 5) is 8.87. The highest BCUT2D eigenvalue weighted by Gasteiger charge is 2.16. The number of fused-ring (bicyclic) bond motifs is 1. The highest BCUT2D eigenvalue weighted by molar-refractivity contribution is 5.47. The zero-order chi connectivity index (χ0) is 12.3. The van der Waals surface area contributed by atoms with Crippen molar-refractivity contribution in [1.82, 2.24) is 9.97 Å². The summed E-state index contributed by atoms with van der Waals surface area (Å²) in [5.74, 6) is 1.68. The van der Waals surface area contributed by atoms with Crippen LogP contribution in [0.25, 0.3) is 0 Å². The molecular weight excluding hydrogens is 210 g/mol. The lowest BCUT2D eigenvalue weighted by molar-refractivity contribution is 0.557. The van der Waals surface area contributed by atoms with Crippen LogP contribution in [-0.2, 0) is 12.8 Å². The van der Waals surface area contributed by atoms with Crippen LogP contribution in [0.15, 0.2) is 6.33 Å². The third-order valence-corrected chi connectivity index (χ3v) is 3.74. The molecule has 1 aliphatic carbocycles. The molecule has 0 saturated carbocycles. The standard InChI is InChI=1S/C14H23N3/c1-10(2)11(3)17-14-12-7-5-4-6-8-13(12)15-9-16-14/h9-11H,4-8H2,1-3H3,(H,15,16,17). The van der Waals surface area contributed by atoms with Gasteiger partial charge in [-0.05, 0) is 38.5 Å². The molecular formula is C14H23N3. The van der Waals surface area contributed by atoms with E-state index in [2.05, 4.69) is 36.1 Å². The number of aromatic nitrogens is 2. The maximum Gasteiger partial charge on any atom is 0.133 e. The van der Waals surface area contributed by atoms with E-state index in [0.717, 1.165) is 18.7 Å². The first-order chi connectivity index (χ1) is 8.18. The number of rotatable bonds is 3. The van der Waals surface area contributed by atoms with Gasteiger partial charge >= 0.3 is 0 Å². The highest BCUT2D eigenvalue weighted by atomic mass is 15.0. The number of hydrogen-bond donors (Lipinski definition) is 1. The maximum absolute atomic E-state index is 4.44. The second-order valence-electron chi connectivity index (χ2n) is 5.39. The topological polar surface area (TPSA) is 37.8 Å². The monoisotopic (exact) mass is 233 g/mol. The van der Waals surface area contributed by atoms with Gasteiger partial charge in [0.1, 0.15) is 12.1 Å². The molecule has 0 amide bonds. The zero-order valence-electron chi connectivity index (χ0n) is 11.2. The van der Waals surface area contributed by atoms with Gasteiger partial charge in [-0.25, -0.2) is 9.97 Å². The Hall–Kier alpha value is -1.12. The van der Waals surface area contributed by atoms with Gasteiger partial charge in [0, 0.05) is 17.3 Å². The molecule has 0 saturated heterocycles. The molecule has 1 aromatic rings. The number of nitrogens with zero attached hydrogens (tertiary/aromatic N) is 2. The van der Waals surface area contributed by atoms with Crippen LogP contribution in [0.2, 0.25) is 0 Å². The molecule has 2 rings (SSSR count). The van der Waals surface area contributed by atoms with E-state index in [4.69, 9.17) is 0 Å². The Labute approximate surface area is 104 Å². The lowest BCUT2D eigenvalue weighted by atomic mass is 10.0. The Kier molecular flexibility index (Phi) is 3.97. The predicted octanol–water partition coefficient (Wildman–Crippen LogP) is 3.20. The molecule has 0 aliphatic heterocycles. The molecule has 3 heteroatoms. The van der Waals surface area contributed by atoms with Gasteiger partial charge < -0.3 is 5.32 Å². The molecule has 0 radical (unpaired) electrons. The number of nitrogens with one attached hydrogen (secondary N) is 1. The summed E-state index contributed by atoms with van der Waals surface area (Å²) in [5.41, 5.74) is 2.62. The van der Waals surface area contributed by atoms with E-state index in [1.54, 1.807) is 6.33 Å². The third-order valence-electron chi connectivity index (χ3n) is 3.74. The minimum absolute atomic E-state index is 0.456. The van der Waals surface area contributed by atoms with Crippen LogP contribution in [-0.4, -0.2) is 16.0 Å². The lowest BCUT2D eigenvalue weighted by Crippen LogP contribution is -2.23. The Balaban J connectivity index is 2.22. The van der Waals surface area contributed by atoms with Crippen molar-refractivity contribution < 1.29 is 0 Å². The van der Waals surface area contributed by atoms with Gasteiger partial charge in [-0.15, -0.1) is 0 Å². The molecule has 0 bridgehead atoms. The van der Waals surface area contributed by atoms with Crippen molar-refractivity contribution in [3.8, 4) is 0 Å². The minimum atomic E-state index is 0.456. The molecule has 17 heavy (non-hydrogen) atoms. The van der Waals surface area contributed by atoms with Gasteiger partial charge in [-0.2, -0.15) is 0 Å². The van der Waals surface area contributed by atoms with E-state index < -0.39 is 0 Å². The first-order valence-electron chi connectivity index (χ1n) is 6.77. The smallest absolute Gasteiger partial charge is 0.133 e. The van der Waals surface area contributed by atoms with Gasteiger partial charge in [-0.1, -0.05) is 20.3 Å². The van der Waals surface area contributed by atoms with Gasteiger partial charge in [0.15, 0.2) is 0 Å². The molecule has 1 aromatic heterocycles. The van der Waals surface area contributed by atoms with E-state index in [0.29, 0.717) is 12.0 Å². The van der Waals surface area contributed by atoms with Crippen molar-refractivity contribution in [3.63, 3.8) is 0 Å². The van der Waals surface area contributed by atoms with Crippen molar-refractivity contribution in [2.75, 3.05) is 5.32 Å². The van der Waals surface area contributed by atoms with Crippen LogP contribution >= 0.6 is 0 Å². The summed E-state index contributed by atoms with van der Waals surface area (Å²) in [5, 5.41) is 3.55. The fraction of sp³-hybridized carbons (Fsp3) is 0.714. The molecule has 1 atom stereocenters. The van der Waals surface area contributed by atoms with Crippen LogP contribution in [0.5, 0.6) is 0 Å². The Bertz CT molecular complexity index is 374. The van der Waals surface area contributed by atoms with Crippen LogP contribution in [0, 0.1) is 5.92 Å². The predicted molar refractivity (Wildman–Crippen MR) is 71.2 cm³/mol. The number of aryl methyl sites for hydroxylation is 1. The summed E-state index contributed by atoms with van der Waals surface area (Å²) in [7, 11) is 0. The molecule has 0 fully saturated rings. The van der Waals surface area contributed by atoms with Gasteiger partial charge in [0.2, 0.25) is 0 Å². The highest BCUT2D eigenvalue weighted by Crippen LogP contribution is 2.24. The molecule has 1 heterocycles. The van der Waals surface area contributed by atoms with E-state index in [1.165, 1.54) is 30.5 Å². The van der Waals surface area contributed by atoms with E-state index in [9.17, 15) is 0 Å². The Morgan fingerprint density at radius 1 is 1.06 bits per heavy atom.